The molecular formula is C13H14FN3O3. The van der Waals surface area contributed by atoms with Crippen molar-refractivity contribution in [2.45, 2.75) is 0 Å². The number of benzene rings is 1. The third kappa shape index (κ3) is 2.62. The van der Waals surface area contributed by atoms with Gasteiger partial charge >= 0.3 is 0 Å². The third-order valence-corrected chi connectivity index (χ3v) is 2.85. The van der Waals surface area contributed by atoms with Crippen molar-refractivity contribution in [2.75, 3.05) is 30.8 Å². The lowest BCUT2D eigenvalue weighted by molar-refractivity contribution is -0.137. The van der Waals surface area contributed by atoms with Crippen LogP contribution < -0.4 is 10.6 Å². The van der Waals surface area contributed by atoms with E-state index >= 15 is 0 Å². The monoisotopic (exact) mass is 279 g/mol. The summed E-state index contributed by atoms with van der Waals surface area (Å²) in [7, 11) is 1.66. The highest BCUT2D eigenvalue weighted by Crippen LogP contribution is 2.25. The lowest BCUT2D eigenvalue weighted by Gasteiger charge is -2.15. The molecule has 0 unspecified atom stereocenters. The van der Waals surface area contributed by atoms with Gasteiger partial charge in [0.05, 0.1) is 24.5 Å². The van der Waals surface area contributed by atoms with Gasteiger partial charge in [0.15, 0.2) is 0 Å². The van der Waals surface area contributed by atoms with Crippen molar-refractivity contribution in [1.29, 1.82) is 0 Å². The topological polar surface area (TPSA) is 81.7 Å². The molecule has 0 spiro atoms. The second kappa shape index (κ2) is 5.70. The van der Waals surface area contributed by atoms with Gasteiger partial charge in [-0.15, -0.1) is 0 Å². The van der Waals surface area contributed by atoms with Gasteiger partial charge in [-0.3, -0.25) is 14.5 Å². The van der Waals surface area contributed by atoms with E-state index in [-0.39, 0.29) is 18.8 Å². The Balaban J connectivity index is 2.23. The molecule has 1 aromatic rings. The number of nitrogens with zero attached hydrogens (tertiary/aromatic N) is 1. The van der Waals surface area contributed by atoms with Crippen LogP contribution in [0.1, 0.15) is 0 Å². The number of carbonyl (C=O) groups is 2. The van der Waals surface area contributed by atoms with Crippen molar-refractivity contribution in [1.82, 2.24) is 4.90 Å². The van der Waals surface area contributed by atoms with Crippen LogP contribution in [0.4, 0.5) is 15.8 Å². The Hall–Kier alpha value is -2.41. The zero-order chi connectivity index (χ0) is 14.7. The Morgan fingerprint density at radius 2 is 2.05 bits per heavy atom. The number of aliphatic hydroxyl groups is 1. The Labute approximate surface area is 114 Å². The summed E-state index contributed by atoms with van der Waals surface area (Å²) >= 11 is 0. The fourth-order valence-corrected chi connectivity index (χ4v) is 1.89. The molecule has 0 aromatic heterocycles. The second-order valence-electron chi connectivity index (χ2n) is 4.14. The highest BCUT2D eigenvalue weighted by atomic mass is 19.1. The molecule has 106 valence electrons. The summed E-state index contributed by atoms with van der Waals surface area (Å²) in [5.74, 6) is -1.51. The number of carbonyl (C=O) groups excluding carboxylic acids is 2. The first-order chi connectivity index (χ1) is 9.56. The van der Waals surface area contributed by atoms with Crippen molar-refractivity contribution in [3.05, 3.63) is 35.8 Å². The SMILES string of the molecule is CNc1ccc(F)cc1NC1=CC(=O)N(CCO)C1=O. The summed E-state index contributed by atoms with van der Waals surface area (Å²) in [5.41, 5.74) is 0.990. The van der Waals surface area contributed by atoms with Crippen molar-refractivity contribution in [2.24, 2.45) is 0 Å². The summed E-state index contributed by atoms with van der Waals surface area (Å²) in [6, 6.07) is 4.02. The minimum absolute atomic E-state index is 0.0468. The molecule has 0 atom stereocenters. The van der Waals surface area contributed by atoms with E-state index in [1.807, 2.05) is 0 Å². The van der Waals surface area contributed by atoms with Gasteiger partial charge in [0.1, 0.15) is 11.5 Å². The van der Waals surface area contributed by atoms with Crippen LogP contribution in [-0.2, 0) is 9.59 Å². The molecule has 0 bridgehead atoms. The van der Waals surface area contributed by atoms with Gasteiger partial charge < -0.3 is 15.7 Å². The maximum Gasteiger partial charge on any atom is 0.277 e. The molecule has 3 N–H and O–H groups in total. The van der Waals surface area contributed by atoms with Crippen LogP contribution in [-0.4, -0.2) is 42.0 Å². The number of rotatable bonds is 5. The fourth-order valence-electron chi connectivity index (χ4n) is 1.89. The van der Waals surface area contributed by atoms with E-state index < -0.39 is 17.6 Å². The number of anilines is 2. The largest absolute Gasteiger partial charge is 0.395 e. The first-order valence-corrected chi connectivity index (χ1v) is 5.99. The van der Waals surface area contributed by atoms with E-state index in [1.165, 1.54) is 18.2 Å². The standard InChI is InChI=1S/C13H14FN3O3/c1-15-9-3-2-8(14)6-10(9)16-11-7-12(19)17(4-5-18)13(11)20/h2-3,6-7,15-16,18H,4-5H2,1H3. The average molecular weight is 279 g/mol. The van der Waals surface area contributed by atoms with E-state index in [9.17, 15) is 14.0 Å². The zero-order valence-corrected chi connectivity index (χ0v) is 10.8. The van der Waals surface area contributed by atoms with Crippen LogP contribution in [0.25, 0.3) is 0 Å². The number of aliphatic hydroxyl groups excluding tert-OH is 1. The van der Waals surface area contributed by atoms with Gasteiger partial charge in [0.25, 0.3) is 11.8 Å². The molecule has 1 aliphatic rings. The second-order valence-corrected chi connectivity index (χ2v) is 4.14. The number of imide groups is 1. The highest BCUT2D eigenvalue weighted by Gasteiger charge is 2.30. The van der Waals surface area contributed by atoms with E-state index in [0.29, 0.717) is 11.4 Å². The molecule has 1 aliphatic heterocycles. The highest BCUT2D eigenvalue weighted by molar-refractivity contribution is 6.17. The van der Waals surface area contributed by atoms with Crippen molar-refractivity contribution >= 4 is 23.2 Å². The zero-order valence-electron chi connectivity index (χ0n) is 10.8. The number of β-amino-alcohol motifs (C(OH)–C–C–N with tert-alkyl or cyclic N) is 1. The summed E-state index contributed by atoms with van der Waals surface area (Å²) in [6.07, 6.45) is 1.13. The molecule has 6 nitrogen and oxygen atoms in total. The van der Waals surface area contributed by atoms with Crippen molar-refractivity contribution in [3.8, 4) is 0 Å². The Bertz CT molecular complexity index is 586. The van der Waals surface area contributed by atoms with Gasteiger partial charge in [0, 0.05) is 13.1 Å². The summed E-state index contributed by atoms with van der Waals surface area (Å²) < 4.78 is 13.2. The Morgan fingerprint density at radius 1 is 1.30 bits per heavy atom. The number of hydrogen-bond donors (Lipinski definition) is 3. The van der Waals surface area contributed by atoms with Crippen LogP contribution >= 0.6 is 0 Å². The van der Waals surface area contributed by atoms with E-state index in [2.05, 4.69) is 10.6 Å². The lowest BCUT2D eigenvalue weighted by atomic mass is 10.2. The van der Waals surface area contributed by atoms with Crippen LogP contribution in [0, 0.1) is 5.82 Å². The van der Waals surface area contributed by atoms with Gasteiger partial charge in [0.2, 0.25) is 0 Å². The predicted molar refractivity (Wildman–Crippen MR) is 71.5 cm³/mol. The molecule has 7 heteroatoms. The number of nitrogens with one attached hydrogen (secondary N) is 2. The number of halogens is 1. The van der Waals surface area contributed by atoms with Gasteiger partial charge in [-0.05, 0) is 18.2 Å². The molecule has 0 radical (unpaired) electrons. The van der Waals surface area contributed by atoms with Crippen LogP contribution in [0.3, 0.4) is 0 Å². The van der Waals surface area contributed by atoms with Crippen molar-refractivity contribution in [3.63, 3.8) is 0 Å². The molecule has 2 amide bonds. The molecular weight excluding hydrogens is 265 g/mol. The smallest absolute Gasteiger partial charge is 0.277 e. The van der Waals surface area contributed by atoms with Gasteiger partial charge in [-0.25, -0.2) is 4.39 Å². The minimum atomic E-state index is -0.546. The molecule has 0 fully saturated rings. The molecule has 0 saturated heterocycles. The average Bonchev–Trinajstić information content (AvgIpc) is 2.67. The maximum absolute atomic E-state index is 13.2. The number of hydrogen-bond acceptors (Lipinski definition) is 5. The predicted octanol–water partition coefficient (Wildman–Crippen LogP) is 0.524. The van der Waals surface area contributed by atoms with Crippen LogP contribution in [0.2, 0.25) is 0 Å². The summed E-state index contributed by atoms with van der Waals surface area (Å²) in [5, 5.41) is 14.4. The quantitative estimate of drug-likeness (QED) is 0.685. The third-order valence-electron chi connectivity index (χ3n) is 2.85. The fraction of sp³-hybridized carbons (Fsp3) is 0.231. The number of amides is 2. The normalized spacial score (nSPS) is 14.6. The van der Waals surface area contributed by atoms with E-state index in [4.69, 9.17) is 5.11 Å². The van der Waals surface area contributed by atoms with Gasteiger partial charge in [-0.1, -0.05) is 0 Å². The summed E-state index contributed by atoms with van der Waals surface area (Å²) in [6.45, 7) is -0.373. The molecule has 2 rings (SSSR count). The minimum Gasteiger partial charge on any atom is -0.395 e. The Kier molecular flexibility index (Phi) is 3.99. The Morgan fingerprint density at radius 3 is 2.70 bits per heavy atom. The van der Waals surface area contributed by atoms with Gasteiger partial charge in [-0.2, -0.15) is 0 Å². The van der Waals surface area contributed by atoms with Crippen LogP contribution in [0.15, 0.2) is 30.0 Å². The first-order valence-electron chi connectivity index (χ1n) is 5.99. The summed E-state index contributed by atoms with van der Waals surface area (Å²) in [4.78, 5) is 24.4. The molecule has 1 heterocycles. The molecule has 1 aromatic carbocycles. The first kappa shape index (κ1) is 14.0. The molecule has 0 saturated carbocycles. The van der Waals surface area contributed by atoms with Crippen LogP contribution in [0.5, 0.6) is 0 Å². The molecule has 20 heavy (non-hydrogen) atoms. The maximum atomic E-state index is 13.2. The molecule has 0 aliphatic carbocycles. The lowest BCUT2D eigenvalue weighted by Crippen LogP contribution is -2.34. The van der Waals surface area contributed by atoms with Crippen molar-refractivity contribution < 1.29 is 19.1 Å². The van der Waals surface area contributed by atoms with E-state index in [1.54, 1.807) is 7.05 Å². The van der Waals surface area contributed by atoms with E-state index in [0.717, 1.165) is 11.0 Å².